The first-order valence-electron chi connectivity index (χ1n) is 23.0. The SMILES string of the molecule is CC(C)Oc1ccc(-c2nc(-c3cccc4c3CC[C@@]43CCN(CC(=O)O)C3)no2)cc1C#N.CC(C)Oc1ccc(-c2nc(-c3cccc4c3CC[C@]43CCN(CC(=O)O)C3)no2)cc1C#N. The van der Waals surface area contributed by atoms with Crippen LogP contribution in [0.5, 0.6) is 11.5 Å². The number of aliphatic carboxylic acids is 2. The summed E-state index contributed by atoms with van der Waals surface area (Å²) in [6, 6.07) is 27.3. The van der Waals surface area contributed by atoms with E-state index in [9.17, 15) is 30.3 Å². The zero-order valence-corrected chi connectivity index (χ0v) is 38.5. The number of nitriles is 2. The molecule has 2 fully saturated rings. The molecule has 4 aliphatic rings. The van der Waals surface area contributed by atoms with Crippen molar-refractivity contribution in [2.24, 2.45) is 0 Å². The molecular formula is C52H52N8O8. The first kappa shape index (κ1) is 45.7. The van der Waals surface area contributed by atoms with Crippen molar-refractivity contribution >= 4 is 11.9 Å². The van der Waals surface area contributed by atoms with Crippen LogP contribution in [0.4, 0.5) is 0 Å². The van der Waals surface area contributed by atoms with Crippen LogP contribution in [0.1, 0.15) is 86.8 Å². The van der Waals surface area contributed by atoms with E-state index >= 15 is 0 Å². The molecule has 0 saturated carbocycles. The van der Waals surface area contributed by atoms with Crippen LogP contribution in [0.2, 0.25) is 0 Å². The Bertz CT molecular complexity index is 2780. The number of hydrogen-bond acceptors (Lipinski definition) is 14. The quantitative estimate of drug-likeness (QED) is 0.118. The molecule has 2 aliphatic carbocycles. The van der Waals surface area contributed by atoms with Crippen LogP contribution >= 0.6 is 0 Å². The second-order valence-electron chi connectivity index (χ2n) is 18.8. The Balaban J connectivity index is 0.000000170. The van der Waals surface area contributed by atoms with Crippen LogP contribution < -0.4 is 9.47 Å². The number of carboxylic acids is 2. The van der Waals surface area contributed by atoms with Gasteiger partial charge in [-0.25, -0.2) is 0 Å². The Labute approximate surface area is 393 Å². The van der Waals surface area contributed by atoms with Crippen molar-refractivity contribution < 1.29 is 38.3 Å². The van der Waals surface area contributed by atoms with Crippen molar-refractivity contribution in [1.82, 2.24) is 30.1 Å². The molecule has 0 bridgehead atoms. The molecule has 2 aromatic heterocycles. The highest BCUT2D eigenvalue weighted by molar-refractivity contribution is 5.71. The lowest BCUT2D eigenvalue weighted by atomic mass is 9.81. The fraction of sp³-hybridized carbons (Fsp3) is 0.385. The van der Waals surface area contributed by atoms with Crippen LogP contribution in [0.15, 0.2) is 81.8 Å². The van der Waals surface area contributed by atoms with Gasteiger partial charge in [-0.15, -0.1) is 0 Å². The van der Waals surface area contributed by atoms with Crippen LogP contribution in [0.3, 0.4) is 0 Å². The Morgan fingerprint density at radius 2 is 1.09 bits per heavy atom. The molecule has 16 heteroatoms. The van der Waals surface area contributed by atoms with Crippen molar-refractivity contribution in [3.05, 3.63) is 106 Å². The fourth-order valence-corrected chi connectivity index (χ4v) is 10.7. The minimum Gasteiger partial charge on any atom is -0.490 e. The highest BCUT2D eigenvalue weighted by atomic mass is 16.5. The van der Waals surface area contributed by atoms with Crippen molar-refractivity contribution in [2.75, 3.05) is 39.3 Å². The van der Waals surface area contributed by atoms with Crippen LogP contribution in [-0.4, -0.2) is 104 Å². The third-order valence-electron chi connectivity index (χ3n) is 13.5. The van der Waals surface area contributed by atoms with Crippen molar-refractivity contribution in [3.63, 3.8) is 0 Å². The smallest absolute Gasteiger partial charge is 0.317 e. The Morgan fingerprint density at radius 3 is 1.47 bits per heavy atom. The molecule has 2 aliphatic heterocycles. The predicted octanol–water partition coefficient (Wildman–Crippen LogP) is 8.07. The molecule has 0 amide bonds. The maximum atomic E-state index is 11.2. The molecule has 4 aromatic carbocycles. The van der Waals surface area contributed by atoms with Gasteiger partial charge in [-0.05, 0) is 138 Å². The molecule has 6 aromatic rings. The number of nitrogens with zero attached hydrogens (tertiary/aromatic N) is 8. The van der Waals surface area contributed by atoms with Gasteiger partial charge in [0.1, 0.15) is 23.6 Å². The molecule has 2 spiro atoms. The van der Waals surface area contributed by atoms with E-state index in [1.165, 1.54) is 22.3 Å². The van der Waals surface area contributed by atoms with Crippen molar-refractivity contribution in [1.29, 1.82) is 10.5 Å². The summed E-state index contributed by atoms with van der Waals surface area (Å²) in [6.07, 6.45) is 5.62. The number of carbonyl (C=O) groups is 2. The molecule has 4 heterocycles. The number of carboxylic acid groups (broad SMARTS) is 2. The standard InChI is InChI=1S/2C26H26N4O4/c2*1-16(2)33-22-7-6-17(12-18(22)13-27)25-28-24(29-34-25)20-4-3-5-21-19(20)8-9-26(21)10-11-30(15-26)14-23(31)32/h2*3-7,12,16H,8-11,14-15H2,1-2H3,(H,31,32)/t2*26-/m10/s1. The van der Waals surface area contributed by atoms with Crippen molar-refractivity contribution in [2.45, 2.75) is 89.3 Å². The van der Waals surface area contributed by atoms with Gasteiger partial charge in [0.15, 0.2) is 0 Å². The molecule has 0 radical (unpaired) electrons. The Hall–Kier alpha value is -7.40. The summed E-state index contributed by atoms with van der Waals surface area (Å²) in [5, 5.41) is 45.9. The second-order valence-corrected chi connectivity index (χ2v) is 18.8. The van der Waals surface area contributed by atoms with Gasteiger partial charge in [-0.1, -0.05) is 46.7 Å². The minimum atomic E-state index is -0.785. The molecule has 348 valence electrons. The maximum Gasteiger partial charge on any atom is 0.317 e. The van der Waals surface area contributed by atoms with E-state index in [0.29, 0.717) is 57.2 Å². The highest BCUT2D eigenvalue weighted by Gasteiger charge is 2.46. The summed E-state index contributed by atoms with van der Waals surface area (Å²) < 4.78 is 22.6. The fourth-order valence-electron chi connectivity index (χ4n) is 10.7. The molecule has 2 N–H and O–H groups in total. The summed E-state index contributed by atoms with van der Waals surface area (Å²) in [4.78, 5) is 35.7. The van der Waals surface area contributed by atoms with E-state index in [1.54, 1.807) is 24.3 Å². The Kier molecular flexibility index (Phi) is 12.6. The van der Waals surface area contributed by atoms with E-state index in [1.807, 2.05) is 73.9 Å². The van der Waals surface area contributed by atoms with E-state index in [4.69, 9.17) is 18.5 Å². The molecule has 16 nitrogen and oxygen atoms in total. The molecular weight excluding hydrogens is 865 g/mol. The first-order chi connectivity index (χ1) is 32.8. The zero-order chi connectivity index (χ0) is 47.7. The monoisotopic (exact) mass is 916 g/mol. The molecule has 2 atom stereocenters. The lowest BCUT2D eigenvalue weighted by molar-refractivity contribution is -0.139. The van der Waals surface area contributed by atoms with E-state index in [2.05, 4.69) is 44.6 Å². The summed E-state index contributed by atoms with van der Waals surface area (Å²) in [5.41, 5.74) is 8.99. The normalized spacial score (nSPS) is 19.5. The Morgan fingerprint density at radius 1 is 0.662 bits per heavy atom. The maximum absolute atomic E-state index is 11.2. The van der Waals surface area contributed by atoms with Crippen LogP contribution in [0, 0.1) is 22.7 Å². The number of fused-ring (bicyclic) bond motifs is 4. The number of benzene rings is 4. The van der Waals surface area contributed by atoms with Gasteiger partial charge in [0.05, 0.1) is 36.4 Å². The predicted molar refractivity (Wildman–Crippen MR) is 249 cm³/mol. The third-order valence-corrected chi connectivity index (χ3v) is 13.5. The van der Waals surface area contributed by atoms with Gasteiger partial charge in [0, 0.05) is 46.2 Å². The number of ether oxygens (including phenoxy) is 2. The minimum absolute atomic E-state index is 0.0126. The van der Waals surface area contributed by atoms with Gasteiger partial charge in [-0.3, -0.25) is 19.4 Å². The summed E-state index contributed by atoms with van der Waals surface area (Å²) in [5.74, 6) is 1.22. The van der Waals surface area contributed by atoms with Gasteiger partial charge >= 0.3 is 11.9 Å². The van der Waals surface area contributed by atoms with E-state index < -0.39 is 11.9 Å². The topological polar surface area (TPSA) is 225 Å². The summed E-state index contributed by atoms with van der Waals surface area (Å²) >= 11 is 0. The summed E-state index contributed by atoms with van der Waals surface area (Å²) in [6.45, 7) is 10.9. The average molecular weight is 917 g/mol. The lowest BCUT2D eigenvalue weighted by Gasteiger charge is -2.25. The van der Waals surface area contributed by atoms with Crippen LogP contribution in [-0.2, 0) is 33.3 Å². The van der Waals surface area contributed by atoms with Gasteiger partial charge < -0.3 is 28.7 Å². The third kappa shape index (κ3) is 9.05. The summed E-state index contributed by atoms with van der Waals surface area (Å²) in [7, 11) is 0. The first-order valence-corrected chi connectivity index (χ1v) is 23.0. The lowest BCUT2D eigenvalue weighted by Crippen LogP contribution is -2.32. The van der Waals surface area contributed by atoms with Crippen LogP contribution in [0.25, 0.3) is 45.7 Å². The zero-order valence-electron chi connectivity index (χ0n) is 38.5. The molecule has 2 saturated heterocycles. The van der Waals surface area contributed by atoms with E-state index in [0.717, 1.165) is 75.8 Å². The highest BCUT2D eigenvalue weighted by Crippen LogP contribution is 2.49. The van der Waals surface area contributed by atoms with E-state index in [-0.39, 0.29) is 36.1 Å². The number of rotatable bonds is 12. The molecule has 0 unspecified atom stereocenters. The van der Waals surface area contributed by atoms with Gasteiger partial charge in [0.25, 0.3) is 11.8 Å². The van der Waals surface area contributed by atoms with Gasteiger partial charge in [-0.2, -0.15) is 20.5 Å². The molecule has 68 heavy (non-hydrogen) atoms. The number of likely N-dealkylation sites (tertiary alicyclic amines) is 2. The molecule has 10 rings (SSSR count). The second kappa shape index (κ2) is 18.7. The van der Waals surface area contributed by atoms with Crippen molar-refractivity contribution in [3.8, 4) is 69.3 Å². The number of hydrogen-bond donors (Lipinski definition) is 2. The van der Waals surface area contributed by atoms with Gasteiger partial charge in [0.2, 0.25) is 11.6 Å². The largest absolute Gasteiger partial charge is 0.490 e. The average Bonchev–Trinajstić information content (AvgIpc) is 4.19. The number of aromatic nitrogens is 4.